The van der Waals surface area contributed by atoms with Crippen molar-refractivity contribution in [3.63, 3.8) is 0 Å². The fourth-order valence-corrected chi connectivity index (χ4v) is 3.78. The van der Waals surface area contributed by atoms with E-state index in [1.54, 1.807) is 16.0 Å². The van der Waals surface area contributed by atoms with Gasteiger partial charge < -0.3 is 14.7 Å². The van der Waals surface area contributed by atoms with E-state index in [1.807, 2.05) is 18.2 Å². The SMILES string of the molecule is CC1Cc2ccccc2N1c1ccc(C(=O)N2CCN(C=O)CC2)cn1. The molecule has 6 nitrogen and oxygen atoms in total. The van der Waals surface area contributed by atoms with Gasteiger partial charge in [0.1, 0.15) is 5.82 Å². The van der Waals surface area contributed by atoms with Crippen LogP contribution in [0.25, 0.3) is 0 Å². The molecule has 0 N–H and O–H groups in total. The molecule has 2 amide bonds. The average Bonchev–Trinajstić information content (AvgIpc) is 3.03. The second-order valence-corrected chi connectivity index (χ2v) is 6.89. The quantitative estimate of drug-likeness (QED) is 0.796. The first-order chi connectivity index (χ1) is 12.7. The molecule has 1 aromatic heterocycles. The Labute approximate surface area is 153 Å². The van der Waals surface area contributed by atoms with Crippen LogP contribution in [0.4, 0.5) is 11.5 Å². The Hall–Kier alpha value is -2.89. The van der Waals surface area contributed by atoms with Crippen molar-refractivity contribution in [2.75, 3.05) is 31.1 Å². The molecule has 26 heavy (non-hydrogen) atoms. The van der Waals surface area contributed by atoms with Crippen LogP contribution < -0.4 is 4.90 Å². The van der Waals surface area contributed by atoms with Crippen molar-refractivity contribution in [1.29, 1.82) is 0 Å². The van der Waals surface area contributed by atoms with E-state index in [2.05, 4.69) is 35.0 Å². The number of hydrogen-bond donors (Lipinski definition) is 0. The second kappa shape index (κ2) is 6.78. The Morgan fingerprint density at radius 1 is 1.12 bits per heavy atom. The molecule has 134 valence electrons. The van der Waals surface area contributed by atoms with Crippen LogP contribution in [0.15, 0.2) is 42.6 Å². The number of carbonyl (C=O) groups excluding carboxylic acids is 2. The Morgan fingerprint density at radius 2 is 1.88 bits per heavy atom. The van der Waals surface area contributed by atoms with Gasteiger partial charge in [0, 0.05) is 44.1 Å². The van der Waals surface area contributed by atoms with E-state index in [-0.39, 0.29) is 5.91 Å². The van der Waals surface area contributed by atoms with Crippen molar-refractivity contribution in [3.8, 4) is 0 Å². The average molecular weight is 350 g/mol. The van der Waals surface area contributed by atoms with Crippen LogP contribution in [0, 0.1) is 0 Å². The third-order valence-corrected chi connectivity index (χ3v) is 5.20. The van der Waals surface area contributed by atoms with Crippen molar-refractivity contribution < 1.29 is 9.59 Å². The van der Waals surface area contributed by atoms with Gasteiger partial charge >= 0.3 is 0 Å². The van der Waals surface area contributed by atoms with Gasteiger partial charge in [0.05, 0.1) is 5.56 Å². The van der Waals surface area contributed by atoms with E-state index < -0.39 is 0 Å². The number of benzene rings is 1. The van der Waals surface area contributed by atoms with Crippen LogP contribution in [0.5, 0.6) is 0 Å². The summed E-state index contributed by atoms with van der Waals surface area (Å²) in [6.45, 7) is 4.49. The number of fused-ring (bicyclic) bond motifs is 1. The second-order valence-electron chi connectivity index (χ2n) is 6.89. The summed E-state index contributed by atoms with van der Waals surface area (Å²) >= 11 is 0. The van der Waals surface area contributed by atoms with Gasteiger partial charge in [-0.05, 0) is 37.1 Å². The molecule has 6 heteroatoms. The predicted octanol–water partition coefficient (Wildman–Crippen LogP) is 2.08. The van der Waals surface area contributed by atoms with Gasteiger partial charge in [-0.2, -0.15) is 0 Å². The van der Waals surface area contributed by atoms with Crippen LogP contribution >= 0.6 is 0 Å². The fraction of sp³-hybridized carbons (Fsp3) is 0.350. The van der Waals surface area contributed by atoms with E-state index >= 15 is 0 Å². The molecular formula is C20H22N4O2. The highest BCUT2D eigenvalue weighted by Gasteiger charge is 2.28. The molecule has 2 aliphatic rings. The third kappa shape index (κ3) is 2.92. The summed E-state index contributed by atoms with van der Waals surface area (Å²) in [7, 11) is 0. The Balaban J connectivity index is 1.51. The number of hydrogen-bond acceptors (Lipinski definition) is 4. The first-order valence-electron chi connectivity index (χ1n) is 8.99. The highest BCUT2D eigenvalue weighted by molar-refractivity contribution is 5.94. The highest BCUT2D eigenvalue weighted by atomic mass is 16.2. The molecule has 0 bridgehead atoms. The van der Waals surface area contributed by atoms with Gasteiger partial charge in [0.2, 0.25) is 6.41 Å². The maximum Gasteiger partial charge on any atom is 0.255 e. The standard InChI is InChI=1S/C20H22N4O2/c1-15-12-16-4-2-3-5-18(16)24(15)19-7-6-17(13-21-19)20(26)23-10-8-22(14-25)9-11-23/h2-7,13-15H,8-12H2,1H3. The molecule has 2 aromatic rings. The summed E-state index contributed by atoms with van der Waals surface area (Å²) in [6, 6.07) is 12.5. The summed E-state index contributed by atoms with van der Waals surface area (Å²) in [5, 5.41) is 0. The number of anilines is 2. The van der Waals surface area contributed by atoms with Gasteiger partial charge in [-0.1, -0.05) is 18.2 Å². The first-order valence-corrected chi connectivity index (χ1v) is 8.99. The van der Waals surface area contributed by atoms with Crippen molar-refractivity contribution in [2.24, 2.45) is 0 Å². The molecular weight excluding hydrogens is 328 g/mol. The van der Waals surface area contributed by atoms with Gasteiger partial charge in [-0.15, -0.1) is 0 Å². The van der Waals surface area contributed by atoms with Gasteiger partial charge in [0.15, 0.2) is 0 Å². The van der Waals surface area contributed by atoms with Crippen molar-refractivity contribution in [2.45, 2.75) is 19.4 Å². The highest BCUT2D eigenvalue weighted by Crippen LogP contribution is 2.36. The van der Waals surface area contributed by atoms with Gasteiger partial charge in [-0.3, -0.25) is 9.59 Å². The summed E-state index contributed by atoms with van der Waals surface area (Å²) in [5.41, 5.74) is 3.11. The maximum atomic E-state index is 12.7. The summed E-state index contributed by atoms with van der Waals surface area (Å²) < 4.78 is 0. The first kappa shape index (κ1) is 16.6. The number of nitrogens with zero attached hydrogens (tertiary/aromatic N) is 4. The van der Waals surface area contributed by atoms with E-state index in [0.717, 1.165) is 18.6 Å². The number of piperazine rings is 1. The summed E-state index contributed by atoms with van der Waals surface area (Å²) in [4.78, 5) is 33.7. The van der Waals surface area contributed by atoms with Crippen molar-refractivity contribution in [1.82, 2.24) is 14.8 Å². The topological polar surface area (TPSA) is 56.8 Å². The minimum atomic E-state index is -0.0236. The lowest BCUT2D eigenvalue weighted by Gasteiger charge is -2.32. The minimum absolute atomic E-state index is 0.0236. The maximum absolute atomic E-state index is 12.7. The third-order valence-electron chi connectivity index (χ3n) is 5.20. The van der Waals surface area contributed by atoms with Crippen molar-refractivity contribution >= 4 is 23.8 Å². The molecule has 0 saturated carbocycles. The number of para-hydroxylation sites is 1. The summed E-state index contributed by atoms with van der Waals surface area (Å²) in [6.07, 6.45) is 3.50. The molecule has 0 spiro atoms. The zero-order valence-corrected chi connectivity index (χ0v) is 14.8. The molecule has 1 atom stereocenters. The molecule has 1 fully saturated rings. The number of rotatable bonds is 3. The van der Waals surface area contributed by atoms with Crippen LogP contribution in [0.3, 0.4) is 0 Å². The lowest BCUT2D eigenvalue weighted by molar-refractivity contribution is -0.119. The molecule has 4 rings (SSSR count). The largest absolute Gasteiger partial charge is 0.342 e. The predicted molar refractivity (Wildman–Crippen MR) is 99.5 cm³/mol. The van der Waals surface area contributed by atoms with Crippen molar-refractivity contribution in [3.05, 3.63) is 53.7 Å². The van der Waals surface area contributed by atoms with Crippen LogP contribution in [-0.4, -0.2) is 59.3 Å². The molecule has 1 unspecified atom stereocenters. The van der Waals surface area contributed by atoms with Gasteiger partial charge in [-0.25, -0.2) is 4.98 Å². The summed E-state index contributed by atoms with van der Waals surface area (Å²) in [5.74, 6) is 0.842. The Morgan fingerprint density at radius 3 is 2.58 bits per heavy atom. The number of aromatic nitrogens is 1. The van der Waals surface area contributed by atoms with E-state index in [0.29, 0.717) is 37.8 Å². The van der Waals surface area contributed by atoms with Crippen LogP contribution in [0.2, 0.25) is 0 Å². The zero-order valence-electron chi connectivity index (χ0n) is 14.8. The Kier molecular flexibility index (Phi) is 4.32. The Bertz CT molecular complexity index is 813. The van der Waals surface area contributed by atoms with Crippen LogP contribution in [0.1, 0.15) is 22.8 Å². The van der Waals surface area contributed by atoms with Gasteiger partial charge in [0.25, 0.3) is 5.91 Å². The van der Waals surface area contributed by atoms with E-state index in [9.17, 15) is 9.59 Å². The minimum Gasteiger partial charge on any atom is -0.342 e. The molecule has 1 saturated heterocycles. The lowest BCUT2D eigenvalue weighted by Crippen LogP contribution is -2.48. The van der Waals surface area contributed by atoms with Crippen LogP contribution in [-0.2, 0) is 11.2 Å². The lowest BCUT2D eigenvalue weighted by atomic mass is 10.1. The molecule has 1 aromatic carbocycles. The smallest absolute Gasteiger partial charge is 0.255 e. The molecule has 0 aliphatic carbocycles. The zero-order chi connectivity index (χ0) is 18.1. The normalized spacial score (nSPS) is 19.4. The van der Waals surface area contributed by atoms with E-state index in [4.69, 9.17) is 0 Å². The molecule has 3 heterocycles. The molecule has 2 aliphatic heterocycles. The monoisotopic (exact) mass is 350 g/mol. The number of amides is 2. The fourth-order valence-electron chi connectivity index (χ4n) is 3.78. The number of pyridine rings is 1. The van der Waals surface area contributed by atoms with E-state index in [1.165, 1.54) is 11.3 Å². The number of carbonyl (C=O) groups is 2. The molecule has 0 radical (unpaired) electrons.